The van der Waals surface area contributed by atoms with E-state index in [1.807, 2.05) is 0 Å². The van der Waals surface area contributed by atoms with Gasteiger partial charge < -0.3 is 19.8 Å². The molecule has 2 aromatic heterocycles. The number of aromatic nitrogens is 2. The van der Waals surface area contributed by atoms with Crippen molar-refractivity contribution < 1.29 is 4.79 Å². The van der Waals surface area contributed by atoms with Gasteiger partial charge in [0, 0.05) is 48.2 Å². The second kappa shape index (κ2) is 9.55. The van der Waals surface area contributed by atoms with Gasteiger partial charge in [0.2, 0.25) is 0 Å². The Kier molecular flexibility index (Phi) is 6.74. The van der Waals surface area contributed by atoms with Crippen LogP contribution in [0.2, 0.25) is 0 Å². The van der Waals surface area contributed by atoms with Gasteiger partial charge in [-0.3, -0.25) is 4.79 Å². The zero-order chi connectivity index (χ0) is 28.7. The smallest absolute Gasteiger partial charge is 0.268 e. The Hall–Kier alpha value is -3.05. The lowest BCUT2D eigenvalue weighted by molar-refractivity contribution is 0.0918. The van der Waals surface area contributed by atoms with E-state index in [-0.39, 0.29) is 5.91 Å². The Balaban J connectivity index is 0.000000158. The summed E-state index contributed by atoms with van der Waals surface area (Å²) >= 11 is 0. The first-order valence-corrected chi connectivity index (χ1v) is 14.5. The fourth-order valence-electron chi connectivity index (χ4n) is 7.31. The van der Waals surface area contributed by atoms with E-state index in [1.165, 1.54) is 77.6 Å². The molecular formula is C34H46N4O. The first-order valence-electron chi connectivity index (χ1n) is 14.5. The maximum Gasteiger partial charge on any atom is 0.268 e. The summed E-state index contributed by atoms with van der Waals surface area (Å²) in [5.74, 6) is 0.0610. The average molecular weight is 527 g/mol. The molecule has 0 fully saturated rings. The summed E-state index contributed by atoms with van der Waals surface area (Å²) in [4.78, 5) is 12.3. The van der Waals surface area contributed by atoms with Crippen LogP contribution in [0.1, 0.15) is 97.7 Å². The third-order valence-corrected chi connectivity index (χ3v) is 10.2. The summed E-state index contributed by atoms with van der Waals surface area (Å²) in [5, 5.41) is 9.30. The Morgan fingerprint density at radius 1 is 0.564 bits per heavy atom. The Morgan fingerprint density at radius 2 is 1.03 bits per heavy atom. The molecule has 208 valence electrons. The quantitative estimate of drug-likeness (QED) is 0.252. The highest BCUT2D eigenvalue weighted by molar-refractivity contribution is 6.04. The van der Waals surface area contributed by atoms with Crippen LogP contribution in [-0.4, -0.2) is 28.1 Å². The summed E-state index contributed by atoms with van der Waals surface area (Å²) in [6.07, 6.45) is 0. The molecule has 0 aliphatic carbocycles. The number of carbonyl (C=O) groups excluding carboxylic acids is 1. The van der Waals surface area contributed by atoms with Gasteiger partial charge in [-0.2, -0.15) is 0 Å². The highest BCUT2D eigenvalue weighted by Crippen LogP contribution is 2.39. The zero-order valence-corrected chi connectivity index (χ0v) is 26.1. The second-order valence-corrected chi connectivity index (χ2v) is 12.3. The maximum absolute atomic E-state index is 12.3. The van der Waals surface area contributed by atoms with Crippen molar-refractivity contribution in [1.82, 2.24) is 19.8 Å². The van der Waals surface area contributed by atoms with E-state index >= 15 is 0 Å². The maximum atomic E-state index is 12.3. The second-order valence-electron chi connectivity index (χ2n) is 12.3. The molecule has 2 N–H and O–H groups in total. The van der Waals surface area contributed by atoms with E-state index in [1.54, 1.807) is 0 Å². The summed E-state index contributed by atoms with van der Waals surface area (Å²) in [6, 6.07) is 0.847. The van der Waals surface area contributed by atoms with Gasteiger partial charge in [-0.15, -0.1) is 0 Å². The van der Waals surface area contributed by atoms with Crippen LogP contribution in [0.15, 0.2) is 0 Å². The largest absolute Gasteiger partial charge is 0.349 e. The fourth-order valence-corrected chi connectivity index (χ4v) is 7.31. The molecule has 2 atom stereocenters. The molecule has 5 nitrogen and oxygen atoms in total. The number of fused-ring (bicyclic) bond motifs is 6. The standard InChI is InChI=1S/C17H22N2O.C17H24N2/c1-8-7-18-17(20)16-13(6)14-11(4)9(2)10(3)12(5)15(14)19(8)16;1-9-7-18-8-15-14(6)16-12(4)10(2)11(3)13(5)17(16)19(9)15/h8H,7H2,1-6H3,(H,18,20);9,18H,7-8H2,1-6H3. The molecule has 0 saturated heterocycles. The van der Waals surface area contributed by atoms with Crippen molar-refractivity contribution in [3.63, 3.8) is 0 Å². The van der Waals surface area contributed by atoms with Gasteiger partial charge in [-0.25, -0.2) is 0 Å². The number of carbonyl (C=O) groups is 1. The third kappa shape index (κ3) is 3.80. The van der Waals surface area contributed by atoms with Crippen molar-refractivity contribution in [2.45, 2.75) is 102 Å². The van der Waals surface area contributed by atoms with Crippen LogP contribution in [-0.2, 0) is 6.54 Å². The molecule has 39 heavy (non-hydrogen) atoms. The van der Waals surface area contributed by atoms with E-state index in [4.69, 9.17) is 0 Å². The van der Waals surface area contributed by atoms with Crippen LogP contribution < -0.4 is 10.6 Å². The van der Waals surface area contributed by atoms with Gasteiger partial charge in [0.25, 0.3) is 5.91 Å². The van der Waals surface area contributed by atoms with Gasteiger partial charge >= 0.3 is 0 Å². The van der Waals surface area contributed by atoms with Crippen LogP contribution in [0.5, 0.6) is 0 Å². The minimum atomic E-state index is 0.0610. The molecule has 4 aromatic rings. The molecule has 5 heteroatoms. The number of nitrogens with one attached hydrogen (secondary N) is 2. The summed E-state index contributed by atoms with van der Waals surface area (Å²) in [7, 11) is 0. The Morgan fingerprint density at radius 3 is 1.59 bits per heavy atom. The minimum Gasteiger partial charge on any atom is -0.349 e. The number of aryl methyl sites for hydroxylation is 6. The SMILES string of the molecule is Cc1c(C)c(C)c2c(c1C)c(C)c1n2C(C)CNC1.Cc1c(C)c(C)c2c(c1C)c(C)c1n2C(C)CNC1=O. The van der Waals surface area contributed by atoms with Crippen LogP contribution in [0.4, 0.5) is 0 Å². The topological polar surface area (TPSA) is 51.0 Å². The predicted octanol–water partition coefficient (Wildman–Crippen LogP) is 7.34. The molecule has 0 spiro atoms. The first-order chi connectivity index (χ1) is 18.3. The Bertz CT molecular complexity index is 1680. The highest BCUT2D eigenvalue weighted by Gasteiger charge is 2.30. The normalized spacial score (nSPS) is 18.6. The van der Waals surface area contributed by atoms with E-state index < -0.39 is 0 Å². The molecule has 1 amide bonds. The van der Waals surface area contributed by atoms with Crippen molar-refractivity contribution in [2.75, 3.05) is 13.1 Å². The molecule has 6 rings (SSSR count). The lowest BCUT2D eigenvalue weighted by atomic mass is 9.94. The van der Waals surface area contributed by atoms with E-state index in [0.717, 1.165) is 24.3 Å². The van der Waals surface area contributed by atoms with Gasteiger partial charge in [0.1, 0.15) is 5.69 Å². The summed E-state index contributed by atoms with van der Waals surface area (Å²) in [6.45, 7) is 29.4. The highest BCUT2D eigenvalue weighted by atomic mass is 16.2. The van der Waals surface area contributed by atoms with Gasteiger partial charge in [0.05, 0.1) is 11.0 Å². The zero-order valence-electron chi connectivity index (χ0n) is 26.1. The molecule has 2 aliphatic heterocycles. The average Bonchev–Trinajstić information content (AvgIpc) is 3.40. The molecule has 2 aromatic carbocycles. The van der Waals surface area contributed by atoms with Gasteiger partial charge in [0.15, 0.2) is 0 Å². The lowest BCUT2D eigenvalue weighted by Crippen LogP contribution is -2.38. The number of amides is 1. The fraction of sp³-hybridized carbons (Fsp3) is 0.500. The number of nitrogens with zero attached hydrogens (tertiary/aromatic N) is 2. The van der Waals surface area contributed by atoms with E-state index in [9.17, 15) is 4.79 Å². The molecule has 0 bridgehead atoms. The molecule has 0 radical (unpaired) electrons. The monoisotopic (exact) mass is 526 g/mol. The van der Waals surface area contributed by atoms with Crippen molar-refractivity contribution >= 4 is 27.7 Å². The van der Waals surface area contributed by atoms with Crippen molar-refractivity contribution in [2.24, 2.45) is 0 Å². The number of hydrogen-bond donors (Lipinski definition) is 2. The lowest BCUT2D eigenvalue weighted by Gasteiger charge is -2.26. The first kappa shape index (κ1) is 27.5. The minimum absolute atomic E-state index is 0.0610. The number of hydrogen-bond acceptors (Lipinski definition) is 2. The molecule has 4 heterocycles. The van der Waals surface area contributed by atoms with Crippen molar-refractivity contribution in [3.8, 4) is 0 Å². The van der Waals surface area contributed by atoms with E-state index in [2.05, 4.69) is 103 Å². The van der Waals surface area contributed by atoms with Crippen LogP contribution in [0.25, 0.3) is 21.8 Å². The molecular weight excluding hydrogens is 480 g/mol. The van der Waals surface area contributed by atoms with Gasteiger partial charge in [-0.1, -0.05) is 0 Å². The summed E-state index contributed by atoms with van der Waals surface area (Å²) in [5.41, 5.74) is 18.8. The van der Waals surface area contributed by atoms with Crippen LogP contribution in [0, 0.1) is 69.2 Å². The summed E-state index contributed by atoms with van der Waals surface area (Å²) < 4.78 is 4.83. The predicted molar refractivity (Wildman–Crippen MR) is 165 cm³/mol. The molecule has 2 aliphatic rings. The van der Waals surface area contributed by atoms with Crippen LogP contribution >= 0.6 is 0 Å². The molecule has 2 unspecified atom stereocenters. The van der Waals surface area contributed by atoms with E-state index in [0.29, 0.717) is 18.6 Å². The Labute approximate surface area is 234 Å². The third-order valence-electron chi connectivity index (χ3n) is 10.2. The molecule has 0 saturated carbocycles. The van der Waals surface area contributed by atoms with Crippen molar-refractivity contribution in [1.29, 1.82) is 0 Å². The van der Waals surface area contributed by atoms with Crippen LogP contribution in [0.3, 0.4) is 0 Å². The van der Waals surface area contributed by atoms with Crippen molar-refractivity contribution in [3.05, 3.63) is 67.0 Å². The number of benzene rings is 2. The van der Waals surface area contributed by atoms with Gasteiger partial charge in [-0.05, 0) is 139 Å². The number of rotatable bonds is 0.